The molecule has 109 valence electrons. The third-order valence-corrected chi connectivity index (χ3v) is 2.95. The predicted octanol–water partition coefficient (Wildman–Crippen LogP) is 3.89. The third kappa shape index (κ3) is 4.43. The molecule has 20 heavy (non-hydrogen) atoms. The summed E-state index contributed by atoms with van der Waals surface area (Å²) in [5, 5.41) is 0. The van der Waals surface area contributed by atoms with Crippen LogP contribution in [0.1, 0.15) is 36.0 Å². The molecule has 0 aliphatic heterocycles. The van der Waals surface area contributed by atoms with E-state index in [1.807, 2.05) is 6.42 Å². The van der Waals surface area contributed by atoms with Gasteiger partial charge in [0.15, 0.2) is 0 Å². The monoisotopic (exact) mass is 287 g/mol. The van der Waals surface area contributed by atoms with E-state index in [1.165, 1.54) is 12.1 Å². The Morgan fingerprint density at radius 1 is 1.15 bits per heavy atom. The Hall–Kier alpha value is -1.72. The Morgan fingerprint density at radius 2 is 1.85 bits per heavy atom. The van der Waals surface area contributed by atoms with Gasteiger partial charge in [-0.3, -0.25) is 0 Å². The van der Waals surface area contributed by atoms with Gasteiger partial charge in [0.25, 0.3) is 0 Å². The smallest absolute Gasteiger partial charge is 0.458 e. The Bertz CT molecular complexity index is 448. The van der Waals surface area contributed by atoms with Crippen molar-refractivity contribution in [2.45, 2.75) is 38.1 Å². The van der Waals surface area contributed by atoms with Crippen LogP contribution in [0.5, 0.6) is 5.75 Å². The van der Waals surface area contributed by atoms with Crippen molar-refractivity contribution in [3.8, 4) is 5.75 Å². The van der Waals surface area contributed by atoms with Crippen LogP contribution in [-0.4, -0.2) is 18.4 Å². The number of carbonyl (C=O) groups is 1. The second-order valence-corrected chi connectivity index (χ2v) is 4.54. The largest absolute Gasteiger partial charge is 0.573 e. The molecule has 1 aromatic rings. The molecule has 1 aromatic carbocycles. The van der Waals surface area contributed by atoms with Gasteiger partial charge >= 0.3 is 12.3 Å². The number of hydrogen-bond acceptors (Lipinski definition) is 3. The van der Waals surface area contributed by atoms with Crippen LogP contribution < -0.4 is 4.74 Å². The van der Waals surface area contributed by atoms with Crippen molar-refractivity contribution in [3.63, 3.8) is 0 Å². The minimum absolute atomic E-state index is 0.206. The Kier molecular flexibility index (Phi) is 4.52. The quantitative estimate of drug-likeness (QED) is 0.791. The molecule has 1 atom stereocenters. The average Bonchev–Trinajstić information content (AvgIpc) is 2.39. The van der Waals surface area contributed by atoms with Gasteiger partial charge in [-0.05, 0) is 43.5 Å². The van der Waals surface area contributed by atoms with Gasteiger partial charge in [-0.15, -0.1) is 13.2 Å². The summed E-state index contributed by atoms with van der Waals surface area (Å²) in [5.74, 6) is -0.898. The van der Waals surface area contributed by atoms with Gasteiger partial charge in [-0.25, -0.2) is 4.79 Å². The molecule has 1 fully saturated rings. The van der Waals surface area contributed by atoms with Gasteiger partial charge in [0.05, 0.1) is 5.56 Å². The predicted molar refractivity (Wildman–Crippen MR) is 65.1 cm³/mol. The topological polar surface area (TPSA) is 35.5 Å². The number of esters is 1. The van der Waals surface area contributed by atoms with Crippen molar-refractivity contribution < 1.29 is 27.4 Å². The van der Waals surface area contributed by atoms with Crippen molar-refractivity contribution in [2.75, 3.05) is 0 Å². The van der Waals surface area contributed by atoms with Gasteiger partial charge in [0.1, 0.15) is 11.9 Å². The molecule has 0 saturated heterocycles. The van der Waals surface area contributed by atoms with E-state index >= 15 is 0 Å². The minimum Gasteiger partial charge on any atom is -0.458 e. The fraction of sp³-hybridized carbons (Fsp3) is 0.429. The Labute approximate surface area is 114 Å². The molecule has 1 unspecified atom stereocenters. The summed E-state index contributed by atoms with van der Waals surface area (Å²) in [7, 11) is 0. The zero-order valence-electron chi connectivity index (χ0n) is 10.7. The lowest BCUT2D eigenvalue weighted by Crippen LogP contribution is -2.21. The highest BCUT2D eigenvalue weighted by Gasteiger charge is 2.31. The highest BCUT2D eigenvalue weighted by atomic mass is 19.4. The molecule has 6 heteroatoms. The summed E-state index contributed by atoms with van der Waals surface area (Å²) in [6.45, 7) is 0. The summed E-state index contributed by atoms with van der Waals surface area (Å²) in [6, 6.07) is 4.70. The maximum absolute atomic E-state index is 12.0. The van der Waals surface area contributed by atoms with Gasteiger partial charge in [-0.1, -0.05) is 6.42 Å². The molecule has 0 heterocycles. The van der Waals surface area contributed by atoms with Gasteiger partial charge < -0.3 is 9.47 Å². The van der Waals surface area contributed by atoms with Crippen LogP contribution in [0.2, 0.25) is 0 Å². The van der Waals surface area contributed by atoms with Crippen molar-refractivity contribution in [3.05, 3.63) is 36.2 Å². The first kappa shape index (κ1) is 14.7. The second kappa shape index (κ2) is 6.15. The number of rotatable bonds is 3. The van der Waals surface area contributed by atoms with E-state index in [-0.39, 0.29) is 17.4 Å². The molecule has 0 N–H and O–H groups in total. The highest BCUT2D eigenvalue weighted by Crippen LogP contribution is 2.24. The van der Waals surface area contributed by atoms with Crippen LogP contribution in [0.25, 0.3) is 0 Å². The molecule has 1 aliphatic rings. The first-order valence-electron chi connectivity index (χ1n) is 6.34. The highest BCUT2D eigenvalue weighted by molar-refractivity contribution is 5.89. The standard InChI is InChI=1S/C14H14F3O3/c15-14(16,17)20-12-8-6-10(7-9-12)13(18)19-11-4-2-1-3-5-11/h4,6-9,11H,1-3,5H2. The lowest BCUT2D eigenvalue weighted by molar-refractivity contribution is -0.274. The fourth-order valence-corrected chi connectivity index (χ4v) is 2.02. The Morgan fingerprint density at radius 3 is 2.40 bits per heavy atom. The molecule has 0 amide bonds. The maximum atomic E-state index is 12.0. The number of hydrogen-bond donors (Lipinski definition) is 0. The van der Waals surface area contributed by atoms with E-state index in [1.54, 1.807) is 0 Å². The van der Waals surface area contributed by atoms with Crippen molar-refractivity contribution in [2.24, 2.45) is 0 Å². The SMILES string of the molecule is O=C(OC1[CH]CCCC1)c1ccc(OC(F)(F)F)cc1. The van der Waals surface area contributed by atoms with Crippen LogP contribution in [0.3, 0.4) is 0 Å². The molecular formula is C14H14F3O3. The van der Waals surface area contributed by atoms with Crippen LogP contribution in [0.15, 0.2) is 24.3 Å². The first-order chi connectivity index (χ1) is 9.44. The summed E-state index contributed by atoms with van der Waals surface area (Å²) >= 11 is 0. The number of benzene rings is 1. The molecule has 0 spiro atoms. The number of alkyl halides is 3. The molecule has 0 bridgehead atoms. The van der Waals surface area contributed by atoms with Gasteiger partial charge in [0.2, 0.25) is 0 Å². The van der Waals surface area contributed by atoms with E-state index in [4.69, 9.17) is 4.74 Å². The zero-order chi connectivity index (χ0) is 14.6. The summed E-state index contributed by atoms with van der Waals surface area (Å²) in [6.07, 6.45) is 0.811. The molecule has 1 aliphatic carbocycles. The van der Waals surface area contributed by atoms with E-state index in [0.717, 1.165) is 37.8 Å². The minimum atomic E-state index is -4.74. The van der Waals surface area contributed by atoms with Crippen LogP contribution >= 0.6 is 0 Å². The molecule has 1 saturated carbocycles. The van der Waals surface area contributed by atoms with Crippen LogP contribution in [0, 0.1) is 6.42 Å². The number of halogens is 3. The van der Waals surface area contributed by atoms with Crippen LogP contribution in [-0.2, 0) is 4.74 Å². The van der Waals surface area contributed by atoms with Crippen molar-refractivity contribution in [1.29, 1.82) is 0 Å². The lowest BCUT2D eigenvalue weighted by Gasteiger charge is -2.21. The molecular weight excluding hydrogens is 273 g/mol. The first-order valence-corrected chi connectivity index (χ1v) is 6.34. The fourth-order valence-electron chi connectivity index (χ4n) is 2.02. The molecule has 3 nitrogen and oxygen atoms in total. The van der Waals surface area contributed by atoms with Gasteiger partial charge in [-0.2, -0.15) is 0 Å². The third-order valence-electron chi connectivity index (χ3n) is 2.95. The van der Waals surface area contributed by atoms with E-state index in [2.05, 4.69) is 4.74 Å². The molecule has 1 radical (unpaired) electrons. The number of ether oxygens (including phenoxy) is 2. The van der Waals surface area contributed by atoms with Gasteiger partial charge in [0, 0.05) is 6.42 Å². The lowest BCUT2D eigenvalue weighted by atomic mass is 9.98. The Balaban J connectivity index is 1.93. The zero-order valence-corrected chi connectivity index (χ0v) is 10.7. The number of carbonyl (C=O) groups excluding carboxylic acids is 1. The van der Waals surface area contributed by atoms with E-state index in [0.29, 0.717) is 0 Å². The van der Waals surface area contributed by atoms with Crippen LogP contribution in [0.4, 0.5) is 13.2 Å². The maximum Gasteiger partial charge on any atom is 0.573 e. The van der Waals surface area contributed by atoms with Crippen molar-refractivity contribution in [1.82, 2.24) is 0 Å². The van der Waals surface area contributed by atoms with E-state index in [9.17, 15) is 18.0 Å². The summed E-state index contributed by atoms with van der Waals surface area (Å²) in [4.78, 5) is 11.8. The average molecular weight is 287 g/mol. The van der Waals surface area contributed by atoms with E-state index < -0.39 is 12.3 Å². The normalized spacial score (nSPS) is 16.8. The second-order valence-electron chi connectivity index (χ2n) is 4.54. The molecule has 0 aromatic heterocycles. The van der Waals surface area contributed by atoms with Crippen molar-refractivity contribution >= 4 is 5.97 Å². The summed E-state index contributed by atoms with van der Waals surface area (Å²) in [5.41, 5.74) is 0.207. The summed E-state index contributed by atoms with van der Waals surface area (Å²) < 4.78 is 45.0. The molecule has 2 rings (SSSR count).